The summed E-state index contributed by atoms with van der Waals surface area (Å²) < 4.78 is 42.4. The SMILES string of the molecule is N[C@H](C(=O)Nc1cccc(F)c1CC[C@H]1CN[C@@H]2CCCS(=O)(=O)N1C2)C1(c2ccc(Cl)cc2)CCC(O)CC1. The van der Waals surface area contributed by atoms with E-state index in [0.29, 0.717) is 67.9 Å². The number of piperazine rings is 1. The van der Waals surface area contributed by atoms with Gasteiger partial charge in [-0.15, -0.1) is 0 Å². The quantitative estimate of drug-likeness (QED) is 0.391. The number of nitrogens with one attached hydrogen (secondary N) is 2. The standard InChI is InChI=1S/C29H38ClFN4O4S/c30-20-8-6-19(7-9-20)29(14-12-23(36)13-15-29)27(32)28(37)34-26-5-1-4-25(31)24(26)11-10-22-17-33-21-3-2-16-40(38,39)35(22)18-21/h1,4-9,21-23,27,33,36H,2-3,10-18,32H2,(H,34,37)/t21-,22+,23?,27-,29?/m1/s1. The van der Waals surface area contributed by atoms with E-state index in [9.17, 15) is 18.3 Å². The number of aliphatic hydroxyl groups is 1. The van der Waals surface area contributed by atoms with Crippen molar-refractivity contribution in [3.8, 4) is 0 Å². The molecule has 3 fully saturated rings. The normalized spacial score (nSPS) is 30.7. The molecule has 5 N–H and O–H groups in total. The van der Waals surface area contributed by atoms with E-state index in [2.05, 4.69) is 10.6 Å². The molecule has 218 valence electrons. The van der Waals surface area contributed by atoms with Crippen molar-refractivity contribution in [3.05, 3.63) is 64.4 Å². The lowest BCUT2D eigenvalue weighted by Crippen LogP contribution is -2.57. The van der Waals surface area contributed by atoms with Gasteiger partial charge in [-0.3, -0.25) is 4.79 Å². The van der Waals surface area contributed by atoms with E-state index >= 15 is 4.39 Å². The van der Waals surface area contributed by atoms with Crippen LogP contribution < -0.4 is 16.4 Å². The summed E-state index contributed by atoms with van der Waals surface area (Å²) in [6.45, 7) is 0.949. The minimum atomic E-state index is -3.36. The Balaban J connectivity index is 1.34. The summed E-state index contributed by atoms with van der Waals surface area (Å²) in [6, 6.07) is 10.7. The molecule has 4 atom stereocenters. The molecule has 2 heterocycles. The molecule has 2 aliphatic heterocycles. The average Bonchev–Trinajstić information content (AvgIpc) is 3.05. The second-order valence-corrected chi connectivity index (χ2v) is 13.9. The molecule has 8 nitrogen and oxygen atoms in total. The van der Waals surface area contributed by atoms with Gasteiger partial charge in [0.05, 0.1) is 17.9 Å². The number of aliphatic hydroxyl groups excluding tert-OH is 1. The Morgan fingerprint density at radius 3 is 2.65 bits per heavy atom. The Morgan fingerprint density at radius 1 is 1.20 bits per heavy atom. The van der Waals surface area contributed by atoms with Crippen molar-refractivity contribution >= 4 is 33.2 Å². The number of nitrogens with zero attached hydrogens (tertiary/aromatic N) is 1. The van der Waals surface area contributed by atoms with Gasteiger partial charge in [0, 0.05) is 46.9 Å². The third-order valence-electron chi connectivity index (χ3n) is 9.01. The molecule has 3 aliphatic rings. The number of carbonyl (C=O) groups is 1. The van der Waals surface area contributed by atoms with Crippen molar-refractivity contribution < 1.29 is 22.7 Å². The van der Waals surface area contributed by atoms with Crippen LogP contribution in [0.25, 0.3) is 0 Å². The maximum atomic E-state index is 15.1. The van der Waals surface area contributed by atoms with Crippen LogP contribution in [0, 0.1) is 5.82 Å². The van der Waals surface area contributed by atoms with E-state index in [0.717, 1.165) is 12.0 Å². The summed E-state index contributed by atoms with van der Waals surface area (Å²) in [5, 5.41) is 17.1. The fraction of sp³-hybridized carbons (Fsp3) is 0.552. The highest BCUT2D eigenvalue weighted by molar-refractivity contribution is 7.89. The monoisotopic (exact) mass is 592 g/mol. The number of benzene rings is 2. The molecule has 2 bridgehead atoms. The summed E-state index contributed by atoms with van der Waals surface area (Å²) in [4.78, 5) is 13.6. The van der Waals surface area contributed by atoms with Crippen LogP contribution in [0.1, 0.15) is 56.1 Å². The van der Waals surface area contributed by atoms with Crippen LogP contribution in [-0.2, 0) is 26.7 Å². The van der Waals surface area contributed by atoms with Crippen molar-refractivity contribution in [2.24, 2.45) is 5.73 Å². The Kier molecular flexibility index (Phi) is 8.85. The molecule has 2 aromatic rings. The van der Waals surface area contributed by atoms with E-state index in [1.165, 1.54) is 12.1 Å². The van der Waals surface area contributed by atoms with Gasteiger partial charge in [0.2, 0.25) is 15.9 Å². The predicted molar refractivity (Wildman–Crippen MR) is 154 cm³/mol. The fourth-order valence-electron chi connectivity index (χ4n) is 6.63. The van der Waals surface area contributed by atoms with Crippen LogP contribution in [0.15, 0.2) is 42.5 Å². The lowest BCUT2D eigenvalue weighted by molar-refractivity contribution is -0.119. The summed E-state index contributed by atoms with van der Waals surface area (Å²) in [7, 11) is -3.36. The zero-order valence-electron chi connectivity index (χ0n) is 22.5. The Hall–Kier alpha value is -2.08. The van der Waals surface area contributed by atoms with Gasteiger partial charge >= 0.3 is 0 Å². The Labute approximate surface area is 240 Å². The minimum Gasteiger partial charge on any atom is -0.393 e. The molecule has 1 saturated carbocycles. The van der Waals surface area contributed by atoms with Crippen molar-refractivity contribution in [3.63, 3.8) is 0 Å². The number of hydrogen-bond donors (Lipinski definition) is 4. The van der Waals surface area contributed by atoms with Gasteiger partial charge in [0.15, 0.2) is 0 Å². The van der Waals surface area contributed by atoms with Crippen LogP contribution in [0.4, 0.5) is 10.1 Å². The molecule has 1 aliphatic carbocycles. The molecule has 2 aromatic carbocycles. The van der Waals surface area contributed by atoms with Gasteiger partial charge in [-0.2, -0.15) is 4.31 Å². The number of fused-ring (bicyclic) bond motifs is 2. The molecule has 2 saturated heterocycles. The largest absolute Gasteiger partial charge is 0.393 e. The highest BCUT2D eigenvalue weighted by atomic mass is 35.5. The number of rotatable bonds is 7. The van der Waals surface area contributed by atoms with Gasteiger partial charge in [0.25, 0.3) is 0 Å². The van der Waals surface area contributed by atoms with Crippen LogP contribution in [-0.4, -0.2) is 66.8 Å². The molecule has 5 rings (SSSR count). The van der Waals surface area contributed by atoms with Crippen molar-refractivity contribution in [1.29, 1.82) is 0 Å². The van der Waals surface area contributed by atoms with Crippen LogP contribution >= 0.6 is 11.6 Å². The van der Waals surface area contributed by atoms with Crippen molar-refractivity contribution in [2.75, 3.05) is 24.2 Å². The van der Waals surface area contributed by atoms with Crippen LogP contribution in [0.3, 0.4) is 0 Å². The smallest absolute Gasteiger partial charge is 0.242 e. The second kappa shape index (κ2) is 12.0. The number of hydrogen-bond acceptors (Lipinski definition) is 6. The average molecular weight is 593 g/mol. The molecule has 0 radical (unpaired) electrons. The van der Waals surface area contributed by atoms with E-state index in [-0.39, 0.29) is 24.3 Å². The number of halogens is 2. The van der Waals surface area contributed by atoms with Gasteiger partial charge in [0.1, 0.15) is 5.82 Å². The van der Waals surface area contributed by atoms with E-state index in [1.54, 1.807) is 22.5 Å². The van der Waals surface area contributed by atoms with Crippen molar-refractivity contribution in [2.45, 2.75) is 81.0 Å². The summed E-state index contributed by atoms with van der Waals surface area (Å²) >= 11 is 6.11. The third kappa shape index (κ3) is 6.07. The highest BCUT2D eigenvalue weighted by Crippen LogP contribution is 2.42. The Bertz CT molecular complexity index is 1320. The number of carbonyl (C=O) groups excluding carboxylic acids is 1. The predicted octanol–water partition coefficient (Wildman–Crippen LogP) is 3.32. The van der Waals surface area contributed by atoms with Crippen molar-refractivity contribution in [1.82, 2.24) is 9.62 Å². The summed E-state index contributed by atoms with van der Waals surface area (Å²) in [5.74, 6) is -0.761. The van der Waals surface area contributed by atoms with Crippen LogP contribution in [0.2, 0.25) is 5.02 Å². The topological polar surface area (TPSA) is 125 Å². The first-order valence-electron chi connectivity index (χ1n) is 14.1. The number of nitrogens with two attached hydrogens (primary N) is 1. The zero-order valence-corrected chi connectivity index (χ0v) is 24.1. The first-order chi connectivity index (χ1) is 19.1. The lowest BCUT2D eigenvalue weighted by Gasteiger charge is -2.43. The molecular formula is C29H38ClFN4O4S. The molecule has 11 heteroatoms. The molecule has 1 unspecified atom stereocenters. The zero-order chi connectivity index (χ0) is 28.5. The highest BCUT2D eigenvalue weighted by Gasteiger charge is 2.45. The number of amides is 1. The van der Waals surface area contributed by atoms with E-state index < -0.39 is 39.3 Å². The summed E-state index contributed by atoms with van der Waals surface area (Å²) in [6.07, 6.45) is 3.78. The molecular weight excluding hydrogens is 555 g/mol. The van der Waals surface area contributed by atoms with Gasteiger partial charge in [-0.25, -0.2) is 12.8 Å². The number of sulfonamides is 1. The summed E-state index contributed by atoms with van der Waals surface area (Å²) in [5.41, 5.74) is 7.51. The lowest BCUT2D eigenvalue weighted by atomic mass is 9.64. The van der Waals surface area contributed by atoms with E-state index in [1.807, 2.05) is 12.1 Å². The number of anilines is 1. The van der Waals surface area contributed by atoms with Gasteiger partial charge in [-0.1, -0.05) is 29.8 Å². The van der Waals surface area contributed by atoms with Crippen LogP contribution in [0.5, 0.6) is 0 Å². The molecule has 40 heavy (non-hydrogen) atoms. The fourth-order valence-corrected chi connectivity index (χ4v) is 8.56. The first-order valence-corrected chi connectivity index (χ1v) is 16.1. The third-order valence-corrected chi connectivity index (χ3v) is 11.2. The van der Waals surface area contributed by atoms with Gasteiger partial charge in [-0.05, 0) is 81.2 Å². The molecule has 0 spiro atoms. The maximum Gasteiger partial charge on any atom is 0.242 e. The second-order valence-electron chi connectivity index (χ2n) is 11.5. The Morgan fingerprint density at radius 2 is 1.93 bits per heavy atom. The van der Waals surface area contributed by atoms with Gasteiger partial charge < -0.3 is 21.5 Å². The first kappa shape index (κ1) is 29.4. The molecule has 1 amide bonds. The minimum absolute atomic E-state index is 0.132. The maximum absolute atomic E-state index is 15.1. The van der Waals surface area contributed by atoms with E-state index in [4.69, 9.17) is 17.3 Å². The molecule has 0 aromatic heterocycles.